The Labute approximate surface area is 155 Å². The fourth-order valence-electron chi connectivity index (χ4n) is 3.05. The Bertz CT molecular complexity index is 732. The molecule has 4 heteroatoms. The van der Waals surface area contributed by atoms with Gasteiger partial charge in [-0.15, -0.1) is 0 Å². The number of ether oxygens (including phenoxy) is 4. The first-order valence-electron chi connectivity index (χ1n) is 9.21. The number of rotatable bonds is 8. The van der Waals surface area contributed by atoms with Crippen molar-refractivity contribution in [1.82, 2.24) is 0 Å². The van der Waals surface area contributed by atoms with E-state index in [0.717, 1.165) is 6.61 Å². The molecule has 2 heterocycles. The summed E-state index contributed by atoms with van der Waals surface area (Å²) in [4.78, 5) is 0. The molecule has 2 aromatic rings. The van der Waals surface area contributed by atoms with Crippen molar-refractivity contribution in [2.24, 2.45) is 0 Å². The highest BCUT2D eigenvalue weighted by atomic mass is 16.8. The maximum atomic E-state index is 5.68. The molecule has 138 valence electrons. The Kier molecular flexibility index (Phi) is 4.84. The van der Waals surface area contributed by atoms with Crippen LogP contribution in [0.1, 0.15) is 43.0 Å². The van der Waals surface area contributed by atoms with Crippen molar-refractivity contribution < 1.29 is 18.9 Å². The molecule has 0 saturated carbocycles. The van der Waals surface area contributed by atoms with Crippen LogP contribution in [-0.2, 0) is 37.6 Å². The van der Waals surface area contributed by atoms with Gasteiger partial charge in [-0.1, -0.05) is 62.4 Å². The number of hydrogen-bond donors (Lipinski definition) is 0. The van der Waals surface area contributed by atoms with Crippen molar-refractivity contribution in [2.75, 3.05) is 6.61 Å². The Morgan fingerprint density at radius 1 is 0.885 bits per heavy atom. The van der Waals surface area contributed by atoms with Gasteiger partial charge in [0.05, 0.1) is 13.2 Å². The summed E-state index contributed by atoms with van der Waals surface area (Å²) in [5.41, 5.74) is 4.85. The summed E-state index contributed by atoms with van der Waals surface area (Å²) in [6.45, 7) is 8.44. The van der Waals surface area contributed by atoms with Crippen LogP contribution in [0.15, 0.2) is 48.5 Å². The quantitative estimate of drug-likeness (QED) is 0.668. The van der Waals surface area contributed by atoms with E-state index in [1.54, 1.807) is 0 Å². The van der Waals surface area contributed by atoms with Gasteiger partial charge in [-0.25, -0.2) is 0 Å². The van der Waals surface area contributed by atoms with Gasteiger partial charge in [0.25, 0.3) is 0 Å². The maximum absolute atomic E-state index is 5.68. The lowest BCUT2D eigenvalue weighted by Gasteiger charge is -2.26. The van der Waals surface area contributed by atoms with Crippen molar-refractivity contribution >= 4 is 0 Å². The van der Waals surface area contributed by atoms with Gasteiger partial charge < -0.3 is 18.9 Å². The van der Waals surface area contributed by atoms with Crippen LogP contribution in [0.3, 0.4) is 0 Å². The lowest BCUT2D eigenvalue weighted by atomic mass is 9.78. The topological polar surface area (TPSA) is 43.5 Å². The molecule has 2 fully saturated rings. The van der Waals surface area contributed by atoms with E-state index in [0.29, 0.717) is 13.2 Å². The predicted molar refractivity (Wildman–Crippen MR) is 98.7 cm³/mol. The summed E-state index contributed by atoms with van der Waals surface area (Å²) in [6.07, 6.45) is 0.210. The molecule has 2 aromatic carbocycles. The van der Waals surface area contributed by atoms with Crippen LogP contribution < -0.4 is 0 Å². The van der Waals surface area contributed by atoms with Crippen molar-refractivity contribution in [2.45, 2.75) is 58.1 Å². The zero-order chi connectivity index (χ0) is 18.1. The Hall–Kier alpha value is -1.72. The average Bonchev–Trinajstić information content (AvgIpc) is 3.57. The first kappa shape index (κ1) is 17.7. The van der Waals surface area contributed by atoms with E-state index in [1.165, 1.54) is 22.3 Å². The zero-order valence-electron chi connectivity index (χ0n) is 15.6. The molecular formula is C22H26O4. The van der Waals surface area contributed by atoms with Crippen LogP contribution >= 0.6 is 0 Å². The minimum atomic E-state index is -0.0630. The molecule has 2 saturated heterocycles. The number of benzene rings is 2. The van der Waals surface area contributed by atoms with E-state index in [4.69, 9.17) is 18.9 Å². The van der Waals surface area contributed by atoms with Crippen LogP contribution in [0.25, 0.3) is 0 Å². The summed E-state index contributed by atoms with van der Waals surface area (Å²) in [5, 5.41) is 0. The SMILES string of the molecule is CC1OC1OCc1ccc(C(C)(C)c2ccc(COC3CO3)cc2)cc1. The fourth-order valence-corrected chi connectivity index (χ4v) is 3.05. The second-order valence-corrected chi connectivity index (χ2v) is 7.61. The largest absolute Gasteiger partial charge is 0.346 e. The van der Waals surface area contributed by atoms with Crippen molar-refractivity contribution in [3.05, 3.63) is 70.8 Å². The maximum Gasteiger partial charge on any atom is 0.184 e. The third kappa shape index (κ3) is 4.15. The van der Waals surface area contributed by atoms with Crippen LogP contribution in [-0.4, -0.2) is 25.3 Å². The van der Waals surface area contributed by atoms with Crippen LogP contribution in [0, 0.1) is 0 Å². The molecule has 0 amide bonds. The molecule has 0 radical (unpaired) electrons. The normalized spacial score (nSPS) is 24.5. The average molecular weight is 354 g/mol. The Morgan fingerprint density at radius 2 is 1.35 bits per heavy atom. The van der Waals surface area contributed by atoms with Crippen LogP contribution in [0.2, 0.25) is 0 Å². The molecule has 0 aromatic heterocycles. The van der Waals surface area contributed by atoms with E-state index in [-0.39, 0.29) is 24.1 Å². The Balaban J connectivity index is 1.39. The van der Waals surface area contributed by atoms with Crippen molar-refractivity contribution in [3.63, 3.8) is 0 Å². The lowest BCUT2D eigenvalue weighted by Crippen LogP contribution is -2.19. The molecule has 3 atom stereocenters. The minimum absolute atomic E-state index is 0.00306. The first-order valence-corrected chi connectivity index (χ1v) is 9.21. The van der Waals surface area contributed by atoms with Crippen molar-refractivity contribution in [1.29, 1.82) is 0 Å². The predicted octanol–water partition coefficient (Wildman–Crippen LogP) is 4.15. The van der Waals surface area contributed by atoms with Gasteiger partial charge in [0.1, 0.15) is 12.7 Å². The Morgan fingerprint density at radius 3 is 1.77 bits per heavy atom. The van der Waals surface area contributed by atoms with E-state index in [1.807, 2.05) is 6.92 Å². The monoisotopic (exact) mass is 354 g/mol. The summed E-state index contributed by atoms with van der Waals surface area (Å²) in [6, 6.07) is 17.3. The van der Waals surface area contributed by atoms with Gasteiger partial charge in [0, 0.05) is 5.41 Å². The lowest BCUT2D eigenvalue weighted by molar-refractivity contribution is 0.0384. The minimum Gasteiger partial charge on any atom is -0.346 e. The van der Waals surface area contributed by atoms with E-state index in [2.05, 4.69) is 62.4 Å². The third-order valence-corrected chi connectivity index (χ3v) is 5.16. The van der Waals surface area contributed by atoms with Gasteiger partial charge in [0.15, 0.2) is 12.6 Å². The van der Waals surface area contributed by atoms with E-state index < -0.39 is 0 Å². The second kappa shape index (κ2) is 7.12. The molecule has 2 aliphatic rings. The summed E-state index contributed by atoms with van der Waals surface area (Å²) >= 11 is 0. The molecule has 0 aliphatic carbocycles. The molecule has 0 bridgehead atoms. The van der Waals surface area contributed by atoms with Gasteiger partial charge in [-0.05, 0) is 29.2 Å². The van der Waals surface area contributed by atoms with Gasteiger partial charge >= 0.3 is 0 Å². The molecule has 0 N–H and O–H groups in total. The highest BCUT2D eigenvalue weighted by Gasteiger charge is 2.35. The third-order valence-electron chi connectivity index (χ3n) is 5.16. The highest BCUT2D eigenvalue weighted by Crippen LogP contribution is 2.32. The van der Waals surface area contributed by atoms with Gasteiger partial charge in [-0.2, -0.15) is 0 Å². The fraction of sp³-hybridized carbons (Fsp3) is 0.455. The highest BCUT2D eigenvalue weighted by molar-refractivity contribution is 5.39. The molecule has 0 spiro atoms. The summed E-state index contributed by atoms with van der Waals surface area (Å²) in [5.74, 6) is 0. The molecular weight excluding hydrogens is 328 g/mol. The summed E-state index contributed by atoms with van der Waals surface area (Å²) < 4.78 is 21.6. The van der Waals surface area contributed by atoms with Gasteiger partial charge in [0.2, 0.25) is 0 Å². The zero-order valence-corrected chi connectivity index (χ0v) is 15.6. The van der Waals surface area contributed by atoms with Crippen molar-refractivity contribution in [3.8, 4) is 0 Å². The van der Waals surface area contributed by atoms with E-state index >= 15 is 0 Å². The standard InChI is InChI=1S/C22H26O4/c1-15-21(26-15)25-13-17-6-10-19(11-7-17)22(2,3)18-8-4-16(5-9-18)12-23-20-14-24-20/h4-11,15,20-21H,12-14H2,1-3H3. The second-order valence-electron chi connectivity index (χ2n) is 7.61. The molecule has 4 nitrogen and oxygen atoms in total. The number of epoxide rings is 2. The van der Waals surface area contributed by atoms with E-state index in [9.17, 15) is 0 Å². The van der Waals surface area contributed by atoms with Gasteiger partial charge in [-0.3, -0.25) is 0 Å². The first-order chi connectivity index (χ1) is 12.5. The molecule has 4 rings (SSSR count). The molecule has 2 aliphatic heterocycles. The summed E-state index contributed by atoms with van der Waals surface area (Å²) in [7, 11) is 0. The van der Waals surface area contributed by atoms with Crippen LogP contribution in [0.4, 0.5) is 0 Å². The van der Waals surface area contributed by atoms with Crippen LogP contribution in [0.5, 0.6) is 0 Å². The molecule has 3 unspecified atom stereocenters. The number of hydrogen-bond acceptors (Lipinski definition) is 4. The smallest absolute Gasteiger partial charge is 0.184 e. The molecule has 26 heavy (non-hydrogen) atoms.